The second kappa shape index (κ2) is 9.77. The van der Waals surface area contributed by atoms with Crippen LogP contribution in [0.15, 0.2) is 0 Å². The van der Waals surface area contributed by atoms with Gasteiger partial charge >= 0.3 is 0 Å². The van der Waals surface area contributed by atoms with E-state index in [0.29, 0.717) is 19.2 Å². The van der Waals surface area contributed by atoms with Gasteiger partial charge in [-0.05, 0) is 19.3 Å². The van der Waals surface area contributed by atoms with Crippen molar-refractivity contribution in [1.29, 1.82) is 0 Å². The molecule has 1 unspecified atom stereocenters. The van der Waals surface area contributed by atoms with Gasteiger partial charge in [0.1, 0.15) is 0 Å². The number of likely N-dealkylation sites (tertiary alicyclic amines) is 1. The molecule has 5 nitrogen and oxygen atoms in total. The Balaban J connectivity index is 0.00000162. The summed E-state index contributed by atoms with van der Waals surface area (Å²) >= 11 is 0. The molecule has 2 rings (SSSR count). The van der Waals surface area contributed by atoms with Crippen LogP contribution < -0.4 is 10.6 Å². The summed E-state index contributed by atoms with van der Waals surface area (Å²) in [5.41, 5.74) is 0. The zero-order valence-corrected chi connectivity index (χ0v) is 13.0. The zero-order valence-electron chi connectivity index (χ0n) is 11.4. The number of carbonyl (C=O) groups excluding carboxylic acids is 1. The van der Waals surface area contributed by atoms with Crippen LogP contribution in [0.5, 0.6) is 0 Å². The molecule has 0 bridgehead atoms. The van der Waals surface area contributed by atoms with E-state index in [0.717, 1.165) is 32.1 Å². The summed E-state index contributed by atoms with van der Waals surface area (Å²) in [4.78, 5) is 14.1. The fourth-order valence-electron chi connectivity index (χ4n) is 2.33. The van der Waals surface area contributed by atoms with Gasteiger partial charge in [-0.2, -0.15) is 0 Å². The average Bonchev–Trinajstić information content (AvgIpc) is 3.07. The maximum atomic E-state index is 11.6. The van der Waals surface area contributed by atoms with E-state index in [4.69, 9.17) is 4.74 Å². The number of carbonyl (C=O) groups is 1. The third-order valence-corrected chi connectivity index (χ3v) is 3.42. The molecule has 1 heterocycles. The Labute approximate surface area is 127 Å². The van der Waals surface area contributed by atoms with Gasteiger partial charge in [-0.1, -0.05) is 0 Å². The highest BCUT2D eigenvalue weighted by Gasteiger charge is 2.34. The number of rotatable bonds is 7. The minimum absolute atomic E-state index is 0. The molecule has 0 aromatic carbocycles. The number of methoxy groups -OCH3 is 1. The van der Waals surface area contributed by atoms with E-state index in [-0.39, 0.29) is 30.7 Å². The second-order valence-electron chi connectivity index (χ2n) is 4.95. The minimum atomic E-state index is 0. The van der Waals surface area contributed by atoms with Crippen molar-refractivity contribution < 1.29 is 9.53 Å². The van der Waals surface area contributed by atoms with Gasteiger partial charge in [0.05, 0.1) is 13.2 Å². The average molecular weight is 314 g/mol. The van der Waals surface area contributed by atoms with Crippen LogP contribution in [0.1, 0.15) is 19.3 Å². The van der Waals surface area contributed by atoms with Crippen molar-refractivity contribution in [2.45, 2.75) is 31.3 Å². The maximum Gasteiger partial charge on any atom is 0.234 e. The molecule has 1 aliphatic heterocycles. The maximum absolute atomic E-state index is 11.6. The lowest BCUT2D eigenvalue weighted by Gasteiger charge is -2.15. The third kappa shape index (κ3) is 6.77. The van der Waals surface area contributed by atoms with Crippen molar-refractivity contribution in [2.75, 3.05) is 39.9 Å². The molecule has 2 aliphatic rings. The minimum Gasteiger partial charge on any atom is -0.383 e. The highest BCUT2D eigenvalue weighted by molar-refractivity contribution is 5.85. The molecule has 114 valence electrons. The quantitative estimate of drug-likeness (QED) is 0.669. The Morgan fingerprint density at radius 2 is 2.05 bits per heavy atom. The smallest absolute Gasteiger partial charge is 0.234 e. The van der Waals surface area contributed by atoms with Crippen LogP contribution in [0.3, 0.4) is 0 Å². The Morgan fingerprint density at radius 1 is 1.32 bits per heavy atom. The van der Waals surface area contributed by atoms with Crippen LogP contribution in [-0.4, -0.2) is 62.8 Å². The summed E-state index contributed by atoms with van der Waals surface area (Å²) in [6.07, 6.45) is 3.79. The van der Waals surface area contributed by atoms with Crippen molar-refractivity contribution in [3.8, 4) is 0 Å². The Morgan fingerprint density at radius 3 is 2.68 bits per heavy atom. The van der Waals surface area contributed by atoms with E-state index < -0.39 is 0 Å². The van der Waals surface area contributed by atoms with Gasteiger partial charge in [0.25, 0.3) is 0 Å². The van der Waals surface area contributed by atoms with Gasteiger partial charge in [-0.25, -0.2) is 0 Å². The van der Waals surface area contributed by atoms with Crippen molar-refractivity contribution in [3.05, 3.63) is 0 Å². The lowest BCUT2D eigenvalue weighted by molar-refractivity contribution is -0.120. The van der Waals surface area contributed by atoms with Crippen LogP contribution in [-0.2, 0) is 9.53 Å². The van der Waals surface area contributed by atoms with E-state index in [2.05, 4.69) is 15.5 Å². The number of halogens is 2. The number of hydrogen-bond acceptors (Lipinski definition) is 4. The molecule has 1 saturated carbocycles. The summed E-state index contributed by atoms with van der Waals surface area (Å²) in [5, 5.41) is 6.14. The number of nitrogens with one attached hydrogen (secondary N) is 2. The van der Waals surface area contributed by atoms with E-state index in [9.17, 15) is 4.79 Å². The molecule has 0 aromatic rings. The molecule has 1 atom stereocenters. The van der Waals surface area contributed by atoms with Crippen LogP contribution in [0.4, 0.5) is 0 Å². The van der Waals surface area contributed by atoms with E-state index in [1.54, 1.807) is 7.11 Å². The Kier molecular flexibility index (Phi) is 9.74. The van der Waals surface area contributed by atoms with Gasteiger partial charge in [-0.15, -0.1) is 24.8 Å². The molecule has 7 heteroatoms. The third-order valence-electron chi connectivity index (χ3n) is 3.42. The van der Waals surface area contributed by atoms with Crippen molar-refractivity contribution in [2.24, 2.45) is 0 Å². The van der Waals surface area contributed by atoms with E-state index in [1.807, 2.05) is 0 Å². The summed E-state index contributed by atoms with van der Waals surface area (Å²) < 4.78 is 4.90. The van der Waals surface area contributed by atoms with Gasteiger partial charge in [-0.3, -0.25) is 9.69 Å². The second-order valence-corrected chi connectivity index (χ2v) is 4.95. The standard InChI is InChI=1S/C12H23N3O2.2ClH/c1-17-7-5-13-8-12(16)14-10-4-6-15(9-10)11-2-3-11;;/h10-11,13H,2-9H2,1H3,(H,14,16);2*1H. The molecule has 1 saturated heterocycles. The first kappa shape index (κ1) is 18.9. The molecule has 0 radical (unpaired) electrons. The molecule has 1 aliphatic carbocycles. The first-order chi connectivity index (χ1) is 8.29. The van der Waals surface area contributed by atoms with E-state index >= 15 is 0 Å². The van der Waals surface area contributed by atoms with E-state index in [1.165, 1.54) is 12.8 Å². The molecular weight excluding hydrogens is 289 g/mol. The van der Waals surface area contributed by atoms with Crippen molar-refractivity contribution in [3.63, 3.8) is 0 Å². The van der Waals surface area contributed by atoms with Crippen LogP contribution in [0.25, 0.3) is 0 Å². The topological polar surface area (TPSA) is 53.6 Å². The summed E-state index contributed by atoms with van der Waals surface area (Å²) in [6.45, 7) is 3.94. The first-order valence-electron chi connectivity index (χ1n) is 6.52. The highest BCUT2D eigenvalue weighted by atomic mass is 35.5. The zero-order chi connectivity index (χ0) is 12.1. The van der Waals surface area contributed by atoms with Gasteiger partial charge in [0.15, 0.2) is 0 Å². The van der Waals surface area contributed by atoms with Gasteiger partial charge < -0.3 is 15.4 Å². The molecule has 2 fully saturated rings. The SMILES string of the molecule is COCCNCC(=O)NC1CCN(C2CC2)C1.Cl.Cl. The lowest BCUT2D eigenvalue weighted by Crippen LogP contribution is -2.42. The molecule has 1 amide bonds. The number of nitrogens with zero attached hydrogens (tertiary/aromatic N) is 1. The lowest BCUT2D eigenvalue weighted by atomic mass is 10.2. The molecule has 19 heavy (non-hydrogen) atoms. The van der Waals surface area contributed by atoms with Crippen molar-refractivity contribution >= 4 is 30.7 Å². The Hall–Kier alpha value is -0.0700. The first-order valence-corrected chi connectivity index (χ1v) is 6.52. The highest BCUT2D eigenvalue weighted by Crippen LogP contribution is 2.29. The molecular formula is C12H25Cl2N3O2. The summed E-state index contributed by atoms with van der Waals surface area (Å²) in [7, 11) is 1.66. The van der Waals surface area contributed by atoms with Crippen LogP contribution in [0.2, 0.25) is 0 Å². The number of amides is 1. The predicted octanol–water partition coefficient (Wildman–Crippen LogP) is 0.419. The summed E-state index contributed by atoms with van der Waals surface area (Å²) in [6, 6.07) is 1.17. The number of ether oxygens (including phenoxy) is 1. The fraction of sp³-hybridized carbons (Fsp3) is 0.917. The normalized spacial score (nSPS) is 22.5. The van der Waals surface area contributed by atoms with Gasteiger partial charge in [0, 0.05) is 38.8 Å². The fourth-order valence-corrected chi connectivity index (χ4v) is 2.33. The molecule has 0 spiro atoms. The van der Waals surface area contributed by atoms with Crippen LogP contribution in [0, 0.1) is 0 Å². The van der Waals surface area contributed by atoms with Crippen molar-refractivity contribution in [1.82, 2.24) is 15.5 Å². The number of hydrogen-bond donors (Lipinski definition) is 2. The van der Waals surface area contributed by atoms with Crippen LogP contribution >= 0.6 is 24.8 Å². The summed E-state index contributed by atoms with van der Waals surface area (Å²) in [5.74, 6) is 0.101. The predicted molar refractivity (Wildman–Crippen MR) is 80.4 cm³/mol. The Bertz CT molecular complexity index is 265. The van der Waals surface area contributed by atoms with Gasteiger partial charge in [0.2, 0.25) is 5.91 Å². The monoisotopic (exact) mass is 313 g/mol. The molecule has 0 aromatic heterocycles. The largest absolute Gasteiger partial charge is 0.383 e. The molecule has 2 N–H and O–H groups in total.